The van der Waals surface area contributed by atoms with E-state index in [2.05, 4.69) is 52.3 Å². The summed E-state index contributed by atoms with van der Waals surface area (Å²) < 4.78 is 3.04. The maximum Gasteiger partial charge on any atom is 0.0738 e. The zero-order valence-corrected chi connectivity index (χ0v) is 15.2. The molecule has 0 amide bonds. The fourth-order valence-corrected chi connectivity index (χ4v) is 3.30. The maximum absolute atomic E-state index is 6.18. The molecule has 0 radical (unpaired) electrons. The van der Waals surface area contributed by atoms with Gasteiger partial charge in [-0.1, -0.05) is 24.6 Å². The summed E-state index contributed by atoms with van der Waals surface area (Å²) >= 11 is 9.83. The van der Waals surface area contributed by atoms with Crippen molar-refractivity contribution in [2.24, 2.45) is 7.05 Å². The van der Waals surface area contributed by atoms with Crippen LogP contribution in [-0.4, -0.2) is 16.3 Å². The average Bonchev–Trinajstić information content (AvgIpc) is 2.67. The quantitative estimate of drug-likeness (QED) is 0.848. The molecule has 0 bridgehead atoms. The molecule has 0 aliphatic rings. The number of hydrogen-bond donors (Lipinski definition) is 1. The number of likely N-dealkylation sites (N-methyl/N-ethyl adjacent to an activating group) is 1. The van der Waals surface area contributed by atoms with Crippen LogP contribution >= 0.6 is 27.5 Å². The summed E-state index contributed by atoms with van der Waals surface area (Å²) in [6.07, 6.45) is 0.868. The molecule has 1 aromatic heterocycles. The third-order valence-corrected chi connectivity index (χ3v) is 4.99. The van der Waals surface area contributed by atoms with E-state index in [-0.39, 0.29) is 6.04 Å². The first-order valence-corrected chi connectivity index (χ1v) is 8.28. The Morgan fingerprint density at radius 3 is 2.67 bits per heavy atom. The Hall–Kier alpha value is -0.840. The van der Waals surface area contributed by atoms with E-state index in [9.17, 15) is 0 Å². The predicted molar refractivity (Wildman–Crippen MR) is 92.0 cm³/mol. The SMILES string of the molecule is CCNC(Cc1c(Br)c(C)nn1C)c1cc(Cl)ccc1C. The first-order valence-electron chi connectivity index (χ1n) is 7.11. The summed E-state index contributed by atoms with van der Waals surface area (Å²) in [6, 6.07) is 6.29. The van der Waals surface area contributed by atoms with E-state index >= 15 is 0 Å². The van der Waals surface area contributed by atoms with E-state index in [1.54, 1.807) is 0 Å². The molecular formula is C16H21BrClN3. The molecular weight excluding hydrogens is 350 g/mol. The molecule has 21 heavy (non-hydrogen) atoms. The van der Waals surface area contributed by atoms with E-state index in [1.165, 1.54) is 16.8 Å². The molecule has 0 fully saturated rings. The number of nitrogens with zero attached hydrogens (tertiary/aromatic N) is 2. The van der Waals surface area contributed by atoms with Crippen molar-refractivity contribution in [2.75, 3.05) is 6.54 Å². The van der Waals surface area contributed by atoms with Crippen molar-refractivity contribution in [3.05, 3.63) is 50.2 Å². The number of rotatable bonds is 5. The second-order valence-corrected chi connectivity index (χ2v) is 6.51. The van der Waals surface area contributed by atoms with Gasteiger partial charge in [0, 0.05) is 24.5 Å². The van der Waals surface area contributed by atoms with Crippen molar-refractivity contribution in [3.63, 3.8) is 0 Å². The van der Waals surface area contributed by atoms with Gasteiger partial charge in [0.2, 0.25) is 0 Å². The lowest BCUT2D eigenvalue weighted by Crippen LogP contribution is -2.24. The standard InChI is InChI=1S/C16H21BrClN3/c1-5-19-14(13-8-12(18)7-6-10(13)2)9-15-16(17)11(3)20-21(15)4/h6-8,14,19H,5,9H2,1-4H3. The van der Waals surface area contributed by atoms with Crippen LogP contribution in [0.3, 0.4) is 0 Å². The van der Waals surface area contributed by atoms with Gasteiger partial charge >= 0.3 is 0 Å². The summed E-state index contributed by atoms with van der Waals surface area (Å²) in [5.41, 5.74) is 4.71. The number of aryl methyl sites for hydroxylation is 3. The van der Waals surface area contributed by atoms with E-state index in [0.29, 0.717) is 0 Å². The van der Waals surface area contributed by atoms with E-state index < -0.39 is 0 Å². The Morgan fingerprint density at radius 2 is 2.10 bits per heavy atom. The van der Waals surface area contributed by atoms with Gasteiger partial charge in [0.05, 0.1) is 15.9 Å². The highest BCUT2D eigenvalue weighted by atomic mass is 79.9. The molecule has 3 nitrogen and oxygen atoms in total. The first-order chi connectivity index (χ1) is 9.93. The van der Waals surface area contributed by atoms with Crippen molar-refractivity contribution >= 4 is 27.5 Å². The molecule has 1 aromatic carbocycles. The largest absolute Gasteiger partial charge is 0.310 e. The molecule has 1 unspecified atom stereocenters. The molecule has 0 saturated carbocycles. The zero-order chi connectivity index (χ0) is 15.6. The molecule has 2 rings (SSSR count). The number of nitrogens with one attached hydrogen (secondary N) is 1. The summed E-state index contributed by atoms with van der Waals surface area (Å²) in [4.78, 5) is 0. The lowest BCUT2D eigenvalue weighted by molar-refractivity contribution is 0.526. The van der Waals surface area contributed by atoms with E-state index in [0.717, 1.165) is 28.2 Å². The van der Waals surface area contributed by atoms with Crippen LogP contribution in [0, 0.1) is 13.8 Å². The Balaban J connectivity index is 2.37. The Morgan fingerprint density at radius 1 is 1.38 bits per heavy atom. The second-order valence-electron chi connectivity index (χ2n) is 5.28. The highest BCUT2D eigenvalue weighted by Gasteiger charge is 2.19. The van der Waals surface area contributed by atoms with Gasteiger partial charge < -0.3 is 5.32 Å². The van der Waals surface area contributed by atoms with Crippen LogP contribution in [-0.2, 0) is 13.5 Å². The van der Waals surface area contributed by atoms with Crippen molar-refractivity contribution < 1.29 is 0 Å². The van der Waals surface area contributed by atoms with Crippen molar-refractivity contribution in [3.8, 4) is 0 Å². The van der Waals surface area contributed by atoms with Crippen molar-refractivity contribution in [2.45, 2.75) is 33.2 Å². The fourth-order valence-electron chi connectivity index (χ4n) is 2.62. The van der Waals surface area contributed by atoms with Gasteiger partial charge in [-0.2, -0.15) is 5.10 Å². The minimum absolute atomic E-state index is 0.222. The van der Waals surface area contributed by atoms with Crippen LogP contribution in [0.15, 0.2) is 22.7 Å². The summed E-state index contributed by atoms with van der Waals surface area (Å²) in [6.45, 7) is 7.17. The molecule has 0 aliphatic carbocycles. The van der Waals surface area contributed by atoms with Crippen molar-refractivity contribution in [1.82, 2.24) is 15.1 Å². The number of hydrogen-bond acceptors (Lipinski definition) is 2. The minimum atomic E-state index is 0.222. The van der Waals surface area contributed by atoms with Gasteiger partial charge in [0.15, 0.2) is 0 Å². The molecule has 0 aliphatic heterocycles. The highest BCUT2D eigenvalue weighted by molar-refractivity contribution is 9.10. The highest BCUT2D eigenvalue weighted by Crippen LogP contribution is 2.28. The monoisotopic (exact) mass is 369 g/mol. The number of aromatic nitrogens is 2. The minimum Gasteiger partial charge on any atom is -0.310 e. The van der Waals surface area contributed by atoms with E-state index in [1.807, 2.05) is 24.7 Å². The fraction of sp³-hybridized carbons (Fsp3) is 0.438. The normalized spacial score (nSPS) is 12.7. The molecule has 114 valence electrons. The Labute approximate surface area is 139 Å². The van der Waals surface area contributed by atoms with Crippen LogP contribution in [0.5, 0.6) is 0 Å². The van der Waals surface area contributed by atoms with Gasteiger partial charge in [0.25, 0.3) is 0 Å². The van der Waals surface area contributed by atoms with Crippen LogP contribution in [0.1, 0.15) is 35.5 Å². The average molecular weight is 371 g/mol. The molecule has 0 spiro atoms. The van der Waals surface area contributed by atoms with Crippen LogP contribution < -0.4 is 5.32 Å². The second kappa shape index (κ2) is 6.95. The maximum atomic E-state index is 6.18. The van der Waals surface area contributed by atoms with Crippen LogP contribution in [0.4, 0.5) is 0 Å². The number of halogens is 2. The van der Waals surface area contributed by atoms with Gasteiger partial charge in [0.1, 0.15) is 0 Å². The Bertz CT molecular complexity index is 637. The lowest BCUT2D eigenvalue weighted by atomic mass is 9.97. The topological polar surface area (TPSA) is 29.9 Å². The van der Waals surface area contributed by atoms with Crippen LogP contribution in [0.2, 0.25) is 5.02 Å². The lowest BCUT2D eigenvalue weighted by Gasteiger charge is -2.21. The smallest absolute Gasteiger partial charge is 0.0738 e. The van der Waals surface area contributed by atoms with Gasteiger partial charge in [-0.05, 0) is 59.6 Å². The van der Waals surface area contributed by atoms with Gasteiger partial charge in [-0.3, -0.25) is 4.68 Å². The number of benzene rings is 1. The van der Waals surface area contributed by atoms with Crippen LogP contribution in [0.25, 0.3) is 0 Å². The summed E-state index contributed by atoms with van der Waals surface area (Å²) in [5, 5.41) is 8.81. The zero-order valence-electron chi connectivity index (χ0n) is 12.9. The third-order valence-electron chi connectivity index (χ3n) is 3.73. The third kappa shape index (κ3) is 3.68. The molecule has 2 aromatic rings. The predicted octanol–water partition coefficient (Wildman–Crippen LogP) is 4.35. The van der Waals surface area contributed by atoms with Gasteiger partial charge in [-0.15, -0.1) is 0 Å². The van der Waals surface area contributed by atoms with E-state index in [4.69, 9.17) is 11.6 Å². The first kappa shape index (κ1) is 16.5. The summed E-state index contributed by atoms with van der Waals surface area (Å²) in [7, 11) is 1.99. The molecule has 1 heterocycles. The molecule has 0 saturated heterocycles. The van der Waals surface area contributed by atoms with Gasteiger partial charge in [-0.25, -0.2) is 0 Å². The molecule has 5 heteroatoms. The Kier molecular flexibility index (Phi) is 5.47. The molecule has 1 N–H and O–H groups in total. The van der Waals surface area contributed by atoms with Crippen molar-refractivity contribution in [1.29, 1.82) is 0 Å². The summed E-state index contributed by atoms with van der Waals surface area (Å²) in [5.74, 6) is 0. The molecule has 1 atom stereocenters.